The fraction of sp³-hybridized carbons (Fsp3) is 0.188. The average molecular weight is 515 g/mol. The van der Waals surface area contributed by atoms with Gasteiger partial charge >= 0.3 is 0 Å². The molecule has 0 radical (unpaired) electrons. The standard InChI is InChI=1S/C32H30N6O/c1-22-5-3-4-6-28(22)24-9-7-23(8-10-24)26-13-16-29-30(21-26)34-32(36-35-29)33-27-14-11-25(12-15-27)31(39)38-19-17-37(2)18-20-38/h3-16,21H,17-20H2,1-2H3,(H,33,34,36). The molecule has 7 heteroatoms. The van der Waals surface area contributed by atoms with Crippen molar-refractivity contribution in [3.63, 3.8) is 0 Å². The van der Waals surface area contributed by atoms with Crippen molar-refractivity contribution in [2.45, 2.75) is 6.92 Å². The summed E-state index contributed by atoms with van der Waals surface area (Å²) < 4.78 is 0. The molecule has 0 unspecified atom stereocenters. The zero-order valence-electron chi connectivity index (χ0n) is 22.1. The second-order valence-corrected chi connectivity index (χ2v) is 10.0. The number of likely N-dealkylation sites (N-methyl/N-ethyl adjacent to an activating group) is 1. The van der Waals surface area contributed by atoms with Crippen LogP contribution in [0.15, 0.2) is 91.0 Å². The van der Waals surface area contributed by atoms with Crippen LogP contribution in [-0.4, -0.2) is 64.1 Å². The number of benzene rings is 4. The summed E-state index contributed by atoms with van der Waals surface area (Å²) in [6, 6.07) is 30.5. The third-order valence-corrected chi connectivity index (χ3v) is 7.31. The maximum atomic E-state index is 12.8. The van der Waals surface area contributed by atoms with Gasteiger partial charge in [-0.3, -0.25) is 4.79 Å². The fourth-order valence-electron chi connectivity index (χ4n) is 4.92. The van der Waals surface area contributed by atoms with Crippen LogP contribution in [-0.2, 0) is 0 Å². The van der Waals surface area contributed by atoms with Gasteiger partial charge in [-0.25, -0.2) is 4.98 Å². The zero-order valence-corrected chi connectivity index (χ0v) is 22.1. The lowest BCUT2D eigenvalue weighted by atomic mass is 9.97. The molecule has 0 bridgehead atoms. The summed E-state index contributed by atoms with van der Waals surface area (Å²) in [7, 11) is 2.08. The molecule has 2 heterocycles. The SMILES string of the molecule is Cc1ccccc1-c1ccc(-c2ccc3nnc(Nc4ccc(C(=O)N5CCN(C)CC5)cc4)nc3c2)cc1. The molecule has 1 amide bonds. The molecule has 7 nitrogen and oxygen atoms in total. The Morgan fingerprint density at radius 1 is 0.744 bits per heavy atom. The van der Waals surface area contributed by atoms with Crippen LogP contribution in [0.5, 0.6) is 0 Å². The van der Waals surface area contributed by atoms with Crippen LogP contribution >= 0.6 is 0 Å². The molecule has 0 spiro atoms. The number of hydrogen-bond acceptors (Lipinski definition) is 6. The monoisotopic (exact) mass is 514 g/mol. The summed E-state index contributed by atoms with van der Waals surface area (Å²) in [5.74, 6) is 0.477. The summed E-state index contributed by atoms with van der Waals surface area (Å²) in [6.45, 7) is 5.44. The first kappa shape index (κ1) is 24.7. The van der Waals surface area contributed by atoms with E-state index in [0.717, 1.165) is 54.0 Å². The maximum Gasteiger partial charge on any atom is 0.253 e. The Balaban J connectivity index is 1.18. The van der Waals surface area contributed by atoms with Gasteiger partial charge in [0, 0.05) is 37.4 Å². The van der Waals surface area contributed by atoms with Crippen molar-refractivity contribution in [1.29, 1.82) is 0 Å². The molecule has 0 atom stereocenters. The molecular weight excluding hydrogens is 484 g/mol. The number of nitrogens with zero attached hydrogens (tertiary/aromatic N) is 5. The molecular formula is C32H30N6O. The Kier molecular flexibility index (Phi) is 6.73. The summed E-state index contributed by atoms with van der Waals surface area (Å²) >= 11 is 0. The second-order valence-electron chi connectivity index (χ2n) is 10.0. The van der Waals surface area contributed by atoms with Crippen molar-refractivity contribution in [2.24, 2.45) is 0 Å². The van der Waals surface area contributed by atoms with Crippen molar-refractivity contribution in [3.05, 3.63) is 102 Å². The molecule has 39 heavy (non-hydrogen) atoms. The van der Waals surface area contributed by atoms with E-state index >= 15 is 0 Å². The molecule has 1 saturated heterocycles. The maximum absolute atomic E-state index is 12.8. The third-order valence-electron chi connectivity index (χ3n) is 7.31. The van der Waals surface area contributed by atoms with Crippen LogP contribution in [0.4, 0.5) is 11.6 Å². The minimum absolute atomic E-state index is 0.0673. The van der Waals surface area contributed by atoms with E-state index < -0.39 is 0 Å². The highest BCUT2D eigenvalue weighted by Crippen LogP contribution is 2.28. The first-order valence-corrected chi connectivity index (χ1v) is 13.2. The van der Waals surface area contributed by atoms with E-state index in [1.807, 2.05) is 47.4 Å². The quantitative estimate of drug-likeness (QED) is 0.320. The molecule has 5 aromatic rings. The van der Waals surface area contributed by atoms with E-state index in [1.165, 1.54) is 16.7 Å². The van der Waals surface area contributed by atoms with Crippen molar-refractivity contribution < 1.29 is 4.79 Å². The molecule has 1 fully saturated rings. The molecule has 1 aromatic heterocycles. The smallest absolute Gasteiger partial charge is 0.253 e. The predicted molar refractivity (Wildman–Crippen MR) is 156 cm³/mol. The van der Waals surface area contributed by atoms with Gasteiger partial charge in [-0.05, 0) is 78.2 Å². The van der Waals surface area contributed by atoms with E-state index in [-0.39, 0.29) is 5.91 Å². The van der Waals surface area contributed by atoms with Gasteiger partial charge in [0.15, 0.2) is 0 Å². The van der Waals surface area contributed by atoms with Gasteiger partial charge in [0.2, 0.25) is 5.95 Å². The van der Waals surface area contributed by atoms with Crippen molar-refractivity contribution in [1.82, 2.24) is 25.0 Å². The lowest BCUT2D eigenvalue weighted by Gasteiger charge is -2.32. The number of piperazine rings is 1. The summed E-state index contributed by atoms with van der Waals surface area (Å²) in [6.07, 6.45) is 0. The Bertz CT molecular complexity index is 1620. The Morgan fingerprint density at radius 3 is 2.18 bits per heavy atom. The number of carbonyl (C=O) groups is 1. The molecule has 0 saturated carbocycles. The van der Waals surface area contributed by atoms with E-state index in [2.05, 4.69) is 82.9 Å². The topological polar surface area (TPSA) is 74.2 Å². The summed E-state index contributed by atoms with van der Waals surface area (Å²) in [5.41, 5.74) is 8.85. The van der Waals surface area contributed by atoms with Crippen molar-refractivity contribution >= 4 is 28.6 Å². The number of amides is 1. The Labute approximate surface area is 228 Å². The molecule has 1 aliphatic rings. The van der Waals surface area contributed by atoms with E-state index in [4.69, 9.17) is 4.98 Å². The van der Waals surface area contributed by atoms with Gasteiger partial charge in [0.25, 0.3) is 5.91 Å². The van der Waals surface area contributed by atoms with E-state index in [0.29, 0.717) is 11.5 Å². The third kappa shape index (κ3) is 5.35. The number of nitrogens with one attached hydrogen (secondary N) is 1. The van der Waals surface area contributed by atoms with Gasteiger partial charge < -0.3 is 15.1 Å². The number of anilines is 2. The molecule has 6 rings (SSSR count). The van der Waals surface area contributed by atoms with E-state index in [1.54, 1.807) is 0 Å². The highest BCUT2D eigenvalue weighted by atomic mass is 16.2. The van der Waals surface area contributed by atoms with E-state index in [9.17, 15) is 4.79 Å². The molecule has 0 aliphatic carbocycles. The van der Waals surface area contributed by atoms with Gasteiger partial charge in [-0.1, -0.05) is 54.6 Å². The first-order chi connectivity index (χ1) is 19.0. The number of aryl methyl sites for hydroxylation is 1. The van der Waals surface area contributed by atoms with Crippen LogP contribution in [0.1, 0.15) is 15.9 Å². The largest absolute Gasteiger partial charge is 0.336 e. The van der Waals surface area contributed by atoms with Gasteiger partial charge in [-0.2, -0.15) is 0 Å². The summed E-state index contributed by atoms with van der Waals surface area (Å²) in [5, 5.41) is 11.8. The number of carbonyl (C=O) groups excluding carboxylic acids is 1. The van der Waals surface area contributed by atoms with Crippen molar-refractivity contribution in [2.75, 3.05) is 38.5 Å². The zero-order chi connectivity index (χ0) is 26.8. The normalized spacial score (nSPS) is 13.9. The fourth-order valence-corrected chi connectivity index (χ4v) is 4.92. The van der Waals surface area contributed by atoms with Gasteiger partial charge in [-0.15, -0.1) is 10.2 Å². The number of fused-ring (bicyclic) bond motifs is 1. The highest BCUT2D eigenvalue weighted by Gasteiger charge is 2.20. The van der Waals surface area contributed by atoms with Crippen molar-refractivity contribution in [3.8, 4) is 22.3 Å². The molecule has 1 N–H and O–H groups in total. The Morgan fingerprint density at radius 2 is 1.44 bits per heavy atom. The lowest BCUT2D eigenvalue weighted by molar-refractivity contribution is 0.0664. The lowest BCUT2D eigenvalue weighted by Crippen LogP contribution is -2.47. The molecule has 1 aliphatic heterocycles. The minimum atomic E-state index is 0.0673. The van der Waals surface area contributed by atoms with Gasteiger partial charge in [0.05, 0.1) is 5.52 Å². The number of hydrogen-bond donors (Lipinski definition) is 1. The summed E-state index contributed by atoms with van der Waals surface area (Å²) in [4.78, 5) is 21.7. The second kappa shape index (κ2) is 10.6. The average Bonchev–Trinajstić information content (AvgIpc) is 2.98. The van der Waals surface area contributed by atoms with Gasteiger partial charge in [0.1, 0.15) is 5.52 Å². The minimum Gasteiger partial charge on any atom is -0.336 e. The molecule has 194 valence electrons. The van der Waals surface area contributed by atoms with Crippen LogP contribution < -0.4 is 5.32 Å². The van der Waals surface area contributed by atoms with Crippen LogP contribution in [0.2, 0.25) is 0 Å². The number of aromatic nitrogens is 3. The molecule has 4 aromatic carbocycles. The first-order valence-electron chi connectivity index (χ1n) is 13.2. The van der Waals surface area contributed by atoms with Crippen LogP contribution in [0, 0.1) is 6.92 Å². The predicted octanol–water partition coefficient (Wildman–Crippen LogP) is 5.80. The number of rotatable bonds is 5. The van der Waals surface area contributed by atoms with Crippen LogP contribution in [0.3, 0.4) is 0 Å². The van der Waals surface area contributed by atoms with Crippen LogP contribution in [0.25, 0.3) is 33.3 Å². The highest BCUT2D eigenvalue weighted by molar-refractivity contribution is 5.94. The Hall–Kier alpha value is -4.62.